The average molecular weight is 69.1 g/mol. The monoisotopic (exact) mass is 69.0 g/mol. The predicted molar refractivity (Wildman–Crippen MR) is 19.7 cm³/mol. The first-order chi connectivity index (χ1) is 2.41. The van der Waals surface area contributed by atoms with E-state index in [-0.39, 0.29) is 0 Å². The van der Waals surface area contributed by atoms with Crippen molar-refractivity contribution in [3.05, 3.63) is 6.61 Å². The van der Waals surface area contributed by atoms with Gasteiger partial charge in [-0.15, -0.1) is 12.3 Å². The zero-order valence-electron chi connectivity index (χ0n) is 2.81. The SMILES string of the molecule is C#CC[CH]O. The first-order valence-electron chi connectivity index (χ1n) is 1.31. The van der Waals surface area contributed by atoms with Gasteiger partial charge in [0, 0.05) is 6.42 Å². The summed E-state index contributed by atoms with van der Waals surface area (Å²) in [6.45, 7) is 0.944. The van der Waals surface area contributed by atoms with Crippen LogP contribution in [-0.4, -0.2) is 5.11 Å². The molecule has 1 nitrogen and oxygen atoms in total. The fraction of sp³-hybridized carbons (Fsp3) is 0.250. The van der Waals surface area contributed by atoms with Crippen molar-refractivity contribution in [1.82, 2.24) is 0 Å². The summed E-state index contributed by atoms with van der Waals surface area (Å²) in [6, 6.07) is 0. The minimum atomic E-state index is 0.347. The molecule has 0 aromatic rings. The molecule has 1 N–H and O–H groups in total. The van der Waals surface area contributed by atoms with Crippen LogP contribution in [0.4, 0.5) is 0 Å². The highest BCUT2D eigenvalue weighted by atomic mass is 16.2. The van der Waals surface area contributed by atoms with Crippen molar-refractivity contribution in [2.24, 2.45) is 0 Å². The molecular formula is C4H5O. The standard InChI is InChI=1S/C4H5O/c1-2-3-4-5/h1,4-5H,3H2. The van der Waals surface area contributed by atoms with Crippen LogP contribution in [0.15, 0.2) is 0 Å². The van der Waals surface area contributed by atoms with Gasteiger partial charge in [-0.25, -0.2) is 0 Å². The van der Waals surface area contributed by atoms with Gasteiger partial charge >= 0.3 is 0 Å². The second kappa shape index (κ2) is 3.52. The molecule has 0 atom stereocenters. The van der Waals surface area contributed by atoms with Gasteiger partial charge in [0.25, 0.3) is 0 Å². The fourth-order valence-electron chi connectivity index (χ4n) is 0.0527. The van der Waals surface area contributed by atoms with E-state index in [9.17, 15) is 0 Å². The molecule has 0 saturated heterocycles. The van der Waals surface area contributed by atoms with Gasteiger partial charge in [0.1, 0.15) is 0 Å². The van der Waals surface area contributed by atoms with Crippen LogP contribution in [0, 0.1) is 19.0 Å². The number of hydrogen-bond donors (Lipinski definition) is 1. The summed E-state index contributed by atoms with van der Waals surface area (Å²) >= 11 is 0. The molecule has 0 rings (SSSR count). The molecule has 1 radical (unpaired) electrons. The first-order valence-corrected chi connectivity index (χ1v) is 1.31. The summed E-state index contributed by atoms with van der Waals surface area (Å²) in [7, 11) is 0. The molecule has 0 aliphatic rings. The van der Waals surface area contributed by atoms with Crippen LogP contribution < -0.4 is 0 Å². The van der Waals surface area contributed by atoms with E-state index >= 15 is 0 Å². The third kappa shape index (κ3) is 3.52. The van der Waals surface area contributed by atoms with Crippen LogP contribution in [0.25, 0.3) is 0 Å². The Kier molecular flexibility index (Phi) is 3.18. The smallest absolute Gasteiger partial charge is 0.0917 e. The van der Waals surface area contributed by atoms with Gasteiger partial charge in [-0.3, -0.25) is 0 Å². The summed E-state index contributed by atoms with van der Waals surface area (Å²) in [5.41, 5.74) is 0. The molecule has 1 heteroatoms. The maximum Gasteiger partial charge on any atom is 0.0917 e. The van der Waals surface area contributed by atoms with E-state index in [0.29, 0.717) is 6.42 Å². The second-order valence-corrected chi connectivity index (χ2v) is 0.591. The van der Waals surface area contributed by atoms with Gasteiger partial charge in [0.15, 0.2) is 0 Å². The molecule has 0 amide bonds. The highest BCUT2D eigenvalue weighted by Crippen LogP contribution is 1.70. The van der Waals surface area contributed by atoms with Crippen LogP contribution in [0.2, 0.25) is 0 Å². The minimum Gasteiger partial charge on any atom is -0.389 e. The molecule has 27 valence electrons. The third-order valence-electron chi connectivity index (χ3n) is 0.209. The van der Waals surface area contributed by atoms with E-state index in [1.54, 1.807) is 0 Å². The zero-order valence-corrected chi connectivity index (χ0v) is 2.81. The molecule has 0 bridgehead atoms. The van der Waals surface area contributed by atoms with Crippen LogP contribution in [0.3, 0.4) is 0 Å². The molecule has 0 spiro atoms. The largest absolute Gasteiger partial charge is 0.389 e. The van der Waals surface area contributed by atoms with Crippen molar-refractivity contribution in [1.29, 1.82) is 0 Å². The van der Waals surface area contributed by atoms with Crippen molar-refractivity contribution >= 4 is 0 Å². The summed E-state index contributed by atoms with van der Waals surface area (Å²) < 4.78 is 0. The molecule has 0 aromatic heterocycles. The van der Waals surface area contributed by atoms with E-state index in [0.717, 1.165) is 6.61 Å². The lowest BCUT2D eigenvalue weighted by Crippen LogP contribution is -1.62. The molecule has 0 aliphatic carbocycles. The summed E-state index contributed by atoms with van der Waals surface area (Å²) in [5.74, 6) is 2.21. The molecule has 0 aromatic carbocycles. The number of aliphatic hydroxyl groups is 1. The zero-order chi connectivity index (χ0) is 4.12. The van der Waals surface area contributed by atoms with Crippen LogP contribution >= 0.6 is 0 Å². The van der Waals surface area contributed by atoms with Crippen molar-refractivity contribution < 1.29 is 5.11 Å². The summed E-state index contributed by atoms with van der Waals surface area (Å²) in [6.07, 6.45) is 5.04. The van der Waals surface area contributed by atoms with Gasteiger partial charge in [-0.05, 0) is 0 Å². The van der Waals surface area contributed by atoms with E-state index < -0.39 is 0 Å². The van der Waals surface area contributed by atoms with E-state index in [1.165, 1.54) is 0 Å². The Balaban J connectivity index is 2.48. The van der Waals surface area contributed by atoms with E-state index in [1.807, 2.05) is 0 Å². The Hall–Kier alpha value is -0.480. The van der Waals surface area contributed by atoms with Gasteiger partial charge in [0.05, 0.1) is 6.61 Å². The highest BCUT2D eigenvalue weighted by molar-refractivity contribution is 4.85. The number of hydrogen-bond acceptors (Lipinski definition) is 1. The molecule has 0 aliphatic heterocycles. The molecular weight excluding hydrogens is 64.0 g/mol. The van der Waals surface area contributed by atoms with Gasteiger partial charge in [0.2, 0.25) is 0 Å². The molecule has 0 saturated carbocycles. The Labute approximate surface area is 31.6 Å². The summed E-state index contributed by atoms with van der Waals surface area (Å²) in [4.78, 5) is 0. The first kappa shape index (κ1) is 4.52. The number of aliphatic hydroxyl groups excluding tert-OH is 1. The lowest BCUT2D eigenvalue weighted by atomic mass is 10.5. The van der Waals surface area contributed by atoms with Gasteiger partial charge in [-0.1, -0.05) is 0 Å². The van der Waals surface area contributed by atoms with Crippen molar-refractivity contribution in [2.45, 2.75) is 6.42 Å². The lowest BCUT2D eigenvalue weighted by Gasteiger charge is -1.69. The van der Waals surface area contributed by atoms with Crippen molar-refractivity contribution in [3.63, 3.8) is 0 Å². The Morgan fingerprint density at radius 3 is 2.60 bits per heavy atom. The summed E-state index contributed by atoms with van der Waals surface area (Å²) in [5, 5.41) is 7.80. The van der Waals surface area contributed by atoms with E-state index in [4.69, 9.17) is 11.5 Å². The maximum absolute atomic E-state index is 7.80. The molecule has 0 heterocycles. The topological polar surface area (TPSA) is 20.2 Å². The number of terminal acetylenes is 1. The molecule has 5 heavy (non-hydrogen) atoms. The lowest BCUT2D eigenvalue weighted by molar-refractivity contribution is 0.390. The second-order valence-electron chi connectivity index (χ2n) is 0.591. The Morgan fingerprint density at radius 2 is 2.60 bits per heavy atom. The average Bonchev–Trinajstić information content (AvgIpc) is 1.41. The molecule has 0 fully saturated rings. The maximum atomic E-state index is 7.80. The Bertz CT molecular complexity index is 42.1. The van der Waals surface area contributed by atoms with Crippen molar-refractivity contribution in [3.8, 4) is 12.3 Å². The van der Waals surface area contributed by atoms with Crippen LogP contribution in [0.1, 0.15) is 6.42 Å². The normalized spacial score (nSPS) is 6.40. The quantitative estimate of drug-likeness (QED) is 0.445. The van der Waals surface area contributed by atoms with Crippen LogP contribution in [-0.2, 0) is 0 Å². The Morgan fingerprint density at radius 1 is 2.00 bits per heavy atom. The van der Waals surface area contributed by atoms with E-state index in [2.05, 4.69) is 5.92 Å². The van der Waals surface area contributed by atoms with Gasteiger partial charge < -0.3 is 5.11 Å². The van der Waals surface area contributed by atoms with Crippen LogP contribution in [0.5, 0.6) is 0 Å². The minimum absolute atomic E-state index is 0.347. The predicted octanol–water partition coefficient (Wildman–Crippen LogP) is 0.544. The molecule has 0 unspecified atom stereocenters. The third-order valence-corrected chi connectivity index (χ3v) is 0.209. The highest BCUT2D eigenvalue weighted by Gasteiger charge is 1.64. The fourth-order valence-corrected chi connectivity index (χ4v) is 0.0527. The number of rotatable bonds is 1. The van der Waals surface area contributed by atoms with Gasteiger partial charge in [-0.2, -0.15) is 0 Å². The van der Waals surface area contributed by atoms with Crippen molar-refractivity contribution in [2.75, 3.05) is 0 Å².